The van der Waals surface area contributed by atoms with E-state index >= 15 is 0 Å². The summed E-state index contributed by atoms with van der Waals surface area (Å²) in [5.74, 6) is 0.114. The van der Waals surface area contributed by atoms with Crippen LogP contribution in [0.25, 0.3) is 0 Å². The van der Waals surface area contributed by atoms with Crippen molar-refractivity contribution < 1.29 is 4.79 Å². The summed E-state index contributed by atoms with van der Waals surface area (Å²) in [6, 6.07) is 7.91. The molecule has 0 aliphatic heterocycles. The molecule has 0 unspecified atom stereocenters. The number of likely N-dealkylation sites (N-methyl/N-ethyl adjacent to an activating group) is 2. The number of hydrogen-bond acceptors (Lipinski definition) is 3. The van der Waals surface area contributed by atoms with Gasteiger partial charge in [0.05, 0.1) is 6.20 Å². The summed E-state index contributed by atoms with van der Waals surface area (Å²) in [6.07, 6.45) is 4.65. The lowest BCUT2D eigenvalue weighted by atomic mass is 10.0. The van der Waals surface area contributed by atoms with Crippen molar-refractivity contribution in [3.8, 4) is 0 Å². The molecule has 0 radical (unpaired) electrons. The Morgan fingerprint density at radius 3 is 2.39 bits per heavy atom. The van der Waals surface area contributed by atoms with Crippen LogP contribution in [0, 0.1) is 6.92 Å². The predicted octanol–water partition coefficient (Wildman–Crippen LogP) is 2.03. The van der Waals surface area contributed by atoms with Crippen molar-refractivity contribution in [2.75, 3.05) is 27.7 Å². The Kier molecular flexibility index (Phi) is 5.55. The third kappa shape index (κ3) is 4.42. The molecule has 1 aromatic carbocycles. The second-order valence-electron chi connectivity index (χ2n) is 6.31. The molecule has 0 spiro atoms. The molecule has 0 fully saturated rings. The molecule has 1 heterocycles. The van der Waals surface area contributed by atoms with Crippen LogP contribution < -0.4 is 0 Å². The SMILES string of the molecule is Cc1ccc([C@H](C(=O)N(C)CCc2cnn(C)c2)N(C)C)cc1. The van der Waals surface area contributed by atoms with Crippen LogP contribution in [0.3, 0.4) is 0 Å². The Morgan fingerprint density at radius 2 is 1.87 bits per heavy atom. The highest BCUT2D eigenvalue weighted by atomic mass is 16.2. The Morgan fingerprint density at radius 1 is 1.22 bits per heavy atom. The van der Waals surface area contributed by atoms with Crippen LogP contribution in [0.1, 0.15) is 22.7 Å². The first-order valence-corrected chi connectivity index (χ1v) is 7.84. The van der Waals surface area contributed by atoms with Crippen molar-refractivity contribution in [2.45, 2.75) is 19.4 Å². The molecule has 2 aromatic rings. The summed E-state index contributed by atoms with van der Waals surface area (Å²) in [4.78, 5) is 16.6. The van der Waals surface area contributed by atoms with Crippen molar-refractivity contribution in [3.05, 3.63) is 53.3 Å². The molecule has 0 bridgehead atoms. The number of aryl methyl sites for hydroxylation is 2. The number of benzene rings is 1. The summed E-state index contributed by atoms with van der Waals surface area (Å²) < 4.78 is 1.78. The molecule has 0 saturated heterocycles. The van der Waals surface area contributed by atoms with Gasteiger partial charge in [-0.05, 0) is 38.6 Å². The Hall–Kier alpha value is -2.14. The van der Waals surface area contributed by atoms with Gasteiger partial charge in [0.25, 0.3) is 0 Å². The lowest BCUT2D eigenvalue weighted by molar-refractivity contribution is -0.135. The van der Waals surface area contributed by atoms with Crippen LogP contribution in [0.4, 0.5) is 0 Å². The highest BCUT2D eigenvalue weighted by Gasteiger charge is 2.25. The highest BCUT2D eigenvalue weighted by molar-refractivity contribution is 5.83. The predicted molar refractivity (Wildman–Crippen MR) is 92.2 cm³/mol. The van der Waals surface area contributed by atoms with Gasteiger partial charge in [-0.1, -0.05) is 29.8 Å². The Balaban J connectivity index is 2.06. The maximum absolute atomic E-state index is 12.9. The highest BCUT2D eigenvalue weighted by Crippen LogP contribution is 2.21. The summed E-state index contributed by atoms with van der Waals surface area (Å²) in [7, 11) is 7.65. The van der Waals surface area contributed by atoms with Gasteiger partial charge in [0, 0.05) is 26.8 Å². The zero-order valence-corrected chi connectivity index (χ0v) is 14.7. The van der Waals surface area contributed by atoms with Crippen LogP contribution >= 0.6 is 0 Å². The number of rotatable bonds is 6. The molecule has 2 rings (SSSR count). The van der Waals surface area contributed by atoms with E-state index in [9.17, 15) is 4.79 Å². The largest absolute Gasteiger partial charge is 0.344 e. The van der Waals surface area contributed by atoms with Crippen LogP contribution in [0.15, 0.2) is 36.7 Å². The van der Waals surface area contributed by atoms with Crippen molar-refractivity contribution in [1.29, 1.82) is 0 Å². The zero-order valence-electron chi connectivity index (χ0n) is 14.7. The van der Waals surface area contributed by atoms with E-state index in [0.29, 0.717) is 6.54 Å². The van der Waals surface area contributed by atoms with Crippen molar-refractivity contribution in [1.82, 2.24) is 19.6 Å². The maximum Gasteiger partial charge on any atom is 0.244 e. The number of aromatic nitrogens is 2. The second-order valence-corrected chi connectivity index (χ2v) is 6.31. The van der Waals surface area contributed by atoms with Crippen LogP contribution in [-0.4, -0.2) is 53.2 Å². The van der Waals surface area contributed by atoms with E-state index in [1.165, 1.54) is 5.56 Å². The summed E-state index contributed by atoms with van der Waals surface area (Å²) in [5, 5.41) is 4.16. The Labute approximate surface area is 138 Å². The molecule has 1 atom stereocenters. The van der Waals surface area contributed by atoms with Gasteiger partial charge in [0.1, 0.15) is 6.04 Å². The molecule has 23 heavy (non-hydrogen) atoms. The van der Waals surface area contributed by atoms with E-state index in [1.54, 1.807) is 9.58 Å². The average molecular weight is 314 g/mol. The number of carbonyl (C=O) groups excluding carboxylic acids is 1. The molecule has 124 valence electrons. The summed E-state index contributed by atoms with van der Waals surface area (Å²) in [5.41, 5.74) is 3.37. The fourth-order valence-electron chi connectivity index (χ4n) is 2.63. The lowest BCUT2D eigenvalue weighted by Gasteiger charge is -2.28. The topological polar surface area (TPSA) is 41.4 Å². The van der Waals surface area contributed by atoms with E-state index in [2.05, 4.69) is 24.2 Å². The second kappa shape index (κ2) is 7.42. The normalized spacial score (nSPS) is 12.4. The number of nitrogens with zero attached hydrogens (tertiary/aromatic N) is 4. The van der Waals surface area contributed by atoms with E-state index in [0.717, 1.165) is 17.5 Å². The standard InChI is InChI=1S/C18H26N4O/c1-14-6-8-16(9-7-14)17(20(2)3)18(23)21(4)11-10-15-12-19-22(5)13-15/h6-9,12-13,17H,10-11H2,1-5H3/t17-/m1/s1. The minimum Gasteiger partial charge on any atom is -0.344 e. The lowest BCUT2D eigenvalue weighted by Crippen LogP contribution is -2.39. The minimum absolute atomic E-state index is 0.114. The zero-order chi connectivity index (χ0) is 17.0. The quantitative estimate of drug-likeness (QED) is 0.819. The van der Waals surface area contributed by atoms with E-state index in [4.69, 9.17) is 0 Å². The minimum atomic E-state index is -0.255. The number of amides is 1. The third-order valence-corrected chi connectivity index (χ3v) is 4.01. The first-order valence-electron chi connectivity index (χ1n) is 7.84. The van der Waals surface area contributed by atoms with E-state index in [-0.39, 0.29) is 11.9 Å². The molecular formula is C18H26N4O. The molecule has 5 nitrogen and oxygen atoms in total. The molecule has 0 aliphatic rings. The van der Waals surface area contributed by atoms with Crippen LogP contribution in [-0.2, 0) is 18.3 Å². The number of carbonyl (C=O) groups is 1. The van der Waals surface area contributed by atoms with Crippen molar-refractivity contribution >= 4 is 5.91 Å². The van der Waals surface area contributed by atoms with Gasteiger partial charge in [-0.3, -0.25) is 14.4 Å². The first kappa shape index (κ1) is 17.2. The summed E-state index contributed by atoms with van der Waals surface area (Å²) in [6.45, 7) is 2.73. The van der Waals surface area contributed by atoms with Gasteiger partial charge in [-0.2, -0.15) is 5.10 Å². The van der Waals surface area contributed by atoms with Gasteiger partial charge in [0.15, 0.2) is 0 Å². The van der Waals surface area contributed by atoms with Crippen LogP contribution in [0.5, 0.6) is 0 Å². The van der Waals surface area contributed by atoms with Gasteiger partial charge in [-0.15, -0.1) is 0 Å². The smallest absolute Gasteiger partial charge is 0.244 e. The average Bonchev–Trinajstić information content (AvgIpc) is 2.92. The number of hydrogen-bond donors (Lipinski definition) is 0. The molecule has 1 amide bonds. The van der Waals surface area contributed by atoms with Crippen molar-refractivity contribution in [2.24, 2.45) is 7.05 Å². The summed E-state index contributed by atoms with van der Waals surface area (Å²) >= 11 is 0. The van der Waals surface area contributed by atoms with Gasteiger partial charge in [0.2, 0.25) is 5.91 Å². The van der Waals surface area contributed by atoms with Crippen LogP contribution in [0.2, 0.25) is 0 Å². The van der Waals surface area contributed by atoms with Crippen molar-refractivity contribution in [3.63, 3.8) is 0 Å². The molecule has 0 N–H and O–H groups in total. The fourth-order valence-corrected chi connectivity index (χ4v) is 2.63. The molecule has 1 aromatic heterocycles. The Bertz CT molecular complexity index is 645. The molecular weight excluding hydrogens is 288 g/mol. The molecule has 0 saturated carbocycles. The monoisotopic (exact) mass is 314 g/mol. The molecule has 0 aliphatic carbocycles. The first-order chi connectivity index (χ1) is 10.9. The van der Waals surface area contributed by atoms with Gasteiger partial charge < -0.3 is 4.90 Å². The fraction of sp³-hybridized carbons (Fsp3) is 0.444. The maximum atomic E-state index is 12.9. The van der Waals surface area contributed by atoms with Gasteiger partial charge in [-0.25, -0.2) is 0 Å². The molecule has 5 heteroatoms. The van der Waals surface area contributed by atoms with Gasteiger partial charge >= 0.3 is 0 Å². The van der Waals surface area contributed by atoms with E-state index in [1.807, 2.05) is 57.6 Å². The third-order valence-electron chi connectivity index (χ3n) is 4.01. The van der Waals surface area contributed by atoms with E-state index < -0.39 is 0 Å².